The summed E-state index contributed by atoms with van der Waals surface area (Å²) >= 11 is 6.42. The molecule has 3 rings (SSSR count). The molecule has 27 heavy (non-hydrogen) atoms. The first-order chi connectivity index (χ1) is 12.8. The van der Waals surface area contributed by atoms with E-state index in [0.29, 0.717) is 12.1 Å². The van der Waals surface area contributed by atoms with Gasteiger partial charge in [0.25, 0.3) is 0 Å². The van der Waals surface area contributed by atoms with E-state index in [1.807, 2.05) is 19.1 Å². The molecule has 0 bridgehead atoms. The second kappa shape index (κ2) is 8.04. The van der Waals surface area contributed by atoms with Crippen LogP contribution in [0.3, 0.4) is 0 Å². The van der Waals surface area contributed by atoms with Crippen LogP contribution in [-0.2, 0) is 16.9 Å². The number of piperidine rings is 1. The lowest BCUT2D eigenvalue weighted by atomic mass is 9.73. The summed E-state index contributed by atoms with van der Waals surface area (Å²) in [6, 6.07) is 17.3. The summed E-state index contributed by atoms with van der Waals surface area (Å²) in [5.74, 6) is 0.00489. The molecule has 144 valence electrons. The van der Waals surface area contributed by atoms with E-state index in [-0.39, 0.29) is 11.4 Å². The molecular formula is C23H29ClN2O. The van der Waals surface area contributed by atoms with Crippen molar-refractivity contribution in [2.75, 3.05) is 0 Å². The summed E-state index contributed by atoms with van der Waals surface area (Å²) < 4.78 is 0. The highest BCUT2D eigenvalue weighted by molar-refractivity contribution is 6.31. The molecule has 0 saturated carbocycles. The smallest absolute Gasteiger partial charge is 0.217 e. The number of likely N-dealkylation sites (tertiary alicyclic amines) is 1. The molecule has 1 saturated heterocycles. The molecule has 3 atom stereocenters. The Labute approximate surface area is 167 Å². The molecule has 0 aliphatic carbocycles. The molecule has 1 aliphatic rings. The zero-order valence-electron chi connectivity index (χ0n) is 16.6. The Morgan fingerprint density at radius 2 is 1.74 bits per heavy atom. The fraction of sp³-hybridized carbons (Fsp3) is 0.435. The lowest BCUT2D eigenvalue weighted by molar-refractivity contribution is -0.122. The molecule has 1 aliphatic heterocycles. The molecule has 1 unspecified atom stereocenters. The van der Waals surface area contributed by atoms with Crippen molar-refractivity contribution in [3.05, 3.63) is 70.2 Å². The van der Waals surface area contributed by atoms with Gasteiger partial charge in [0.2, 0.25) is 5.91 Å². The second-order valence-corrected chi connectivity index (χ2v) is 8.35. The van der Waals surface area contributed by atoms with Crippen LogP contribution < -0.4 is 5.32 Å². The van der Waals surface area contributed by atoms with Gasteiger partial charge in [0.1, 0.15) is 0 Å². The van der Waals surface area contributed by atoms with E-state index in [4.69, 9.17) is 11.6 Å². The maximum atomic E-state index is 12.1. The number of rotatable bonds is 4. The normalized spacial score (nSPS) is 26.0. The average Bonchev–Trinajstić information content (AvgIpc) is 2.61. The standard InChI is InChI=1S/C23H29ClN2O/c1-16-13-23(25-19(4)27,21-11-8-12-22(24)18(21)3)14-17(2)26(16)15-20-9-6-5-7-10-20/h5-12,16-17H,13-15H2,1-4H3,(H,25,27)/t16-,17+,23?. The number of carbonyl (C=O) groups is 1. The Hall–Kier alpha value is -1.84. The van der Waals surface area contributed by atoms with Crippen molar-refractivity contribution in [1.82, 2.24) is 10.2 Å². The van der Waals surface area contributed by atoms with E-state index in [0.717, 1.165) is 35.5 Å². The van der Waals surface area contributed by atoms with Crippen molar-refractivity contribution in [1.29, 1.82) is 0 Å². The van der Waals surface area contributed by atoms with Crippen molar-refractivity contribution in [3.63, 3.8) is 0 Å². The number of amides is 1. The van der Waals surface area contributed by atoms with Gasteiger partial charge >= 0.3 is 0 Å². The van der Waals surface area contributed by atoms with Gasteiger partial charge < -0.3 is 5.32 Å². The fourth-order valence-electron chi connectivity index (χ4n) is 4.72. The van der Waals surface area contributed by atoms with E-state index in [9.17, 15) is 4.79 Å². The number of hydrogen-bond donors (Lipinski definition) is 1. The molecule has 1 amide bonds. The Morgan fingerprint density at radius 3 is 2.33 bits per heavy atom. The first-order valence-electron chi connectivity index (χ1n) is 9.66. The Morgan fingerprint density at radius 1 is 1.11 bits per heavy atom. The van der Waals surface area contributed by atoms with Crippen molar-refractivity contribution < 1.29 is 4.79 Å². The van der Waals surface area contributed by atoms with Gasteiger partial charge in [-0.2, -0.15) is 0 Å². The molecule has 1 heterocycles. The van der Waals surface area contributed by atoms with Crippen molar-refractivity contribution in [2.45, 2.75) is 64.7 Å². The molecule has 0 radical (unpaired) electrons. The molecule has 1 fully saturated rings. The van der Waals surface area contributed by atoms with Crippen LogP contribution in [0.4, 0.5) is 0 Å². The third kappa shape index (κ3) is 4.20. The number of nitrogens with one attached hydrogen (secondary N) is 1. The van der Waals surface area contributed by atoms with Gasteiger partial charge in [-0.25, -0.2) is 0 Å². The molecular weight excluding hydrogens is 356 g/mol. The maximum Gasteiger partial charge on any atom is 0.217 e. The van der Waals surface area contributed by atoms with Crippen LogP contribution in [0.2, 0.25) is 5.02 Å². The number of halogens is 1. The van der Waals surface area contributed by atoms with Crippen LogP contribution in [-0.4, -0.2) is 22.9 Å². The minimum atomic E-state index is -0.382. The van der Waals surface area contributed by atoms with Crippen LogP contribution in [0.15, 0.2) is 48.5 Å². The zero-order chi connectivity index (χ0) is 19.6. The summed E-state index contributed by atoms with van der Waals surface area (Å²) in [5, 5.41) is 4.05. The van der Waals surface area contributed by atoms with Gasteiger partial charge in [0.05, 0.1) is 5.54 Å². The largest absolute Gasteiger partial charge is 0.347 e. The van der Waals surface area contributed by atoms with E-state index in [2.05, 4.69) is 60.5 Å². The summed E-state index contributed by atoms with van der Waals surface area (Å²) in [6.45, 7) is 9.10. The average molecular weight is 385 g/mol. The van der Waals surface area contributed by atoms with Gasteiger partial charge in [-0.3, -0.25) is 9.69 Å². The Balaban J connectivity index is 1.93. The first-order valence-corrected chi connectivity index (χ1v) is 10.0. The molecule has 0 spiro atoms. The maximum absolute atomic E-state index is 12.1. The first kappa shape index (κ1) is 19.9. The van der Waals surface area contributed by atoms with E-state index < -0.39 is 0 Å². The van der Waals surface area contributed by atoms with Gasteiger partial charge in [-0.1, -0.05) is 54.1 Å². The molecule has 3 nitrogen and oxygen atoms in total. The number of nitrogens with zero attached hydrogens (tertiary/aromatic N) is 1. The van der Waals surface area contributed by atoms with Gasteiger partial charge in [0, 0.05) is 30.6 Å². The summed E-state index contributed by atoms with van der Waals surface area (Å²) in [4.78, 5) is 14.7. The van der Waals surface area contributed by atoms with Crippen LogP contribution in [0.5, 0.6) is 0 Å². The van der Waals surface area contributed by atoms with Gasteiger partial charge in [-0.05, 0) is 56.4 Å². The second-order valence-electron chi connectivity index (χ2n) is 7.94. The highest BCUT2D eigenvalue weighted by Gasteiger charge is 2.44. The minimum Gasteiger partial charge on any atom is -0.347 e. The third-order valence-corrected chi connectivity index (χ3v) is 6.24. The van der Waals surface area contributed by atoms with Gasteiger partial charge in [0.15, 0.2) is 0 Å². The molecule has 0 aromatic heterocycles. The van der Waals surface area contributed by atoms with Crippen LogP contribution in [0.1, 0.15) is 50.3 Å². The van der Waals surface area contributed by atoms with E-state index >= 15 is 0 Å². The molecule has 2 aromatic carbocycles. The van der Waals surface area contributed by atoms with Crippen LogP contribution in [0.25, 0.3) is 0 Å². The molecule has 1 N–H and O–H groups in total. The summed E-state index contributed by atoms with van der Waals surface area (Å²) in [7, 11) is 0. The van der Waals surface area contributed by atoms with E-state index in [1.165, 1.54) is 5.56 Å². The monoisotopic (exact) mass is 384 g/mol. The third-order valence-electron chi connectivity index (χ3n) is 5.83. The highest BCUT2D eigenvalue weighted by atomic mass is 35.5. The Kier molecular flexibility index (Phi) is 5.92. The topological polar surface area (TPSA) is 32.3 Å². The lowest BCUT2D eigenvalue weighted by Crippen LogP contribution is -2.58. The van der Waals surface area contributed by atoms with Crippen molar-refractivity contribution in [3.8, 4) is 0 Å². The summed E-state index contributed by atoms with van der Waals surface area (Å²) in [5.41, 5.74) is 3.14. The van der Waals surface area contributed by atoms with Gasteiger partial charge in [-0.15, -0.1) is 0 Å². The van der Waals surface area contributed by atoms with Crippen LogP contribution >= 0.6 is 11.6 Å². The fourth-order valence-corrected chi connectivity index (χ4v) is 4.89. The number of carbonyl (C=O) groups excluding carboxylic acids is 1. The van der Waals surface area contributed by atoms with Crippen molar-refractivity contribution >= 4 is 17.5 Å². The molecule has 2 aromatic rings. The van der Waals surface area contributed by atoms with E-state index in [1.54, 1.807) is 6.92 Å². The highest BCUT2D eigenvalue weighted by Crippen LogP contribution is 2.42. The number of benzene rings is 2. The van der Waals surface area contributed by atoms with Crippen LogP contribution in [0, 0.1) is 6.92 Å². The minimum absolute atomic E-state index is 0.00489. The predicted octanol–water partition coefficient (Wildman–Crippen LogP) is 5.05. The number of hydrogen-bond acceptors (Lipinski definition) is 2. The lowest BCUT2D eigenvalue weighted by Gasteiger charge is -2.50. The SMILES string of the molecule is CC(=O)NC1(c2cccc(Cl)c2C)C[C@@H](C)N(Cc2ccccc2)[C@@H](C)C1. The summed E-state index contributed by atoms with van der Waals surface area (Å²) in [6.07, 6.45) is 1.73. The predicted molar refractivity (Wildman–Crippen MR) is 112 cm³/mol. The Bertz CT molecular complexity index is 793. The zero-order valence-corrected chi connectivity index (χ0v) is 17.4. The van der Waals surface area contributed by atoms with Crippen molar-refractivity contribution in [2.24, 2.45) is 0 Å². The quantitative estimate of drug-likeness (QED) is 0.799. The molecule has 4 heteroatoms.